The first kappa shape index (κ1) is 15.2. The van der Waals surface area contributed by atoms with Gasteiger partial charge in [0.1, 0.15) is 11.3 Å². The van der Waals surface area contributed by atoms with Gasteiger partial charge in [-0.2, -0.15) is 0 Å². The molecule has 0 atom stereocenters. The van der Waals surface area contributed by atoms with Gasteiger partial charge in [-0.1, -0.05) is 18.2 Å². The van der Waals surface area contributed by atoms with Crippen molar-refractivity contribution in [3.05, 3.63) is 64.8 Å². The van der Waals surface area contributed by atoms with Gasteiger partial charge in [0.25, 0.3) is 5.91 Å². The molecule has 0 spiro atoms. The Morgan fingerprint density at radius 2 is 1.91 bits per heavy atom. The third kappa shape index (κ3) is 3.54. The molecule has 0 unspecified atom stereocenters. The van der Waals surface area contributed by atoms with Gasteiger partial charge in [0.2, 0.25) is 5.88 Å². The van der Waals surface area contributed by atoms with E-state index in [-0.39, 0.29) is 11.8 Å². The fourth-order valence-corrected chi connectivity index (χ4v) is 2.75. The molecule has 1 amide bonds. The highest BCUT2D eigenvalue weighted by atomic mass is 32.1. The van der Waals surface area contributed by atoms with Gasteiger partial charge in [0.15, 0.2) is 5.13 Å². The molecule has 5 nitrogen and oxygen atoms in total. The van der Waals surface area contributed by atoms with E-state index in [1.165, 1.54) is 11.3 Å². The van der Waals surface area contributed by atoms with Gasteiger partial charge in [-0.25, -0.2) is 9.97 Å². The number of carbonyl (C=O) groups excluding carboxylic acids is 1. The van der Waals surface area contributed by atoms with Crippen LogP contribution in [0.1, 0.15) is 20.9 Å². The van der Waals surface area contributed by atoms with Gasteiger partial charge in [-0.15, -0.1) is 11.3 Å². The number of thiazole rings is 1. The topological polar surface area (TPSA) is 64.1 Å². The van der Waals surface area contributed by atoms with E-state index in [1.54, 1.807) is 18.3 Å². The Bertz CT molecular complexity index is 811. The van der Waals surface area contributed by atoms with Crippen molar-refractivity contribution in [1.82, 2.24) is 9.97 Å². The number of rotatable bonds is 4. The predicted octanol–water partition coefficient (Wildman–Crippen LogP) is 4.20. The Balaban J connectivity index is 1.83. The number of aromatic nitrogens is 2. The minimum Gasteiger partial charge on any atom is -0.438 e. The van der Waals surface area contributed by atoms with Gasteiger partial charge in [-0.05, 0) is 38.1 Å². The molecule has 3 rings (SSSR count). The van der Waals surface area contributed by atoms with Crippen LogP contribution in [0.3, 0.4) is 0 Å². The van der Waals surface area contributed by atoms with Crippen LogP contribution in [0, 0.1) is 13.8 Å². The van der Waals surface area contributed by atoms with Crippen molar-refractivity contribution in [3.63, 3.8) is 0 Å². The molecule has 0 bridgehead atoms. The maximum absolute atomic E-state index is 12.5. The van der Waals surface area contributed by atoms with E-state index in [0.717, 1.165) is 10.6 Å². The lowest BCUT2D eigenvalue weighted by Gasteiger charge is -2.09. The number of hydrogen-bond acceptors (Lipinski definition) is 5. The van der Waals surface area contributed by atoms with Crippen molar-refractivity contribution in [2.45, 2.75) is 13.8 Å². The Kier molecular flexibility index (Phi) is 4.34. The largest absolute Gasteiger partial charge is 0.438 e. The van der Waals surface area contributed by atoms with Crippen LogP contribution in [0.4, 0.5) is 5.13 Å². The maximum Gasteiger partial charge on any atom is 0.262 e. The van der Waals surface area contributed by atoms with Crippen molar-refractivity contribution < 1.29 is 9.53 Å². The SMILES string of the molecule is Cc1nc(NC(=O)c2cccnc2Oc2ccccc2)sc1C. The molecule has 23 heavy (non-hydrogen) atoms. The van der Waals surface area contributed by atoms with Crippen LogP contribution >= 0.6 is 11.3 Å². The average molecular weight is 325 g/mol. The van der Waals surface area contributed by atoms with E-state index < -0.39 is 0 Å². The minimum absolute atomic E-state index is 0.265. The number of hydrogen-bond donors (Lipinski definition) is 1. The lowest BCUT2D eigenvalue weighted by molar-refractivity contribution is 0.102. The Morgan fingerprint density at radius 1 is 1.13 bits per heavy atom. The summed E-state index contributed by atoms with van der Waals surface area (Å²) in [5.41, 5.74) is 1.28. The highest BCUT2D eigenvalue weighted by Crippen LogP contribution is 2.25. The minimum atomic E-state index is -0.294. The van der Waals surface area contributed by atoms with Gasteiger partial charge in [-0.3, -0.25) is 10.1 Å². The summed E-state index contributed by atoms with van der Waals surface area (Å²) in [5.74, 6) is 0.597. The van der Waals surface area contributed by atoms with Crippen LogP contribution in [0.25, 0.3) is 0 Å². The number of pyridine rings is 1. The number of amides is 1. The average Bonchev–Trinajstić information content (AvgIpc) is 2.86. The standard InChI is InChI=1S/C17H15N3O2S/c1-11-12(2)23-17(19-11)20-15(21)14-9-6-10-18-16(14)22-13-7-4-3-5-8-13/h3-10H,1-2H3,(H,19,20,21). The summed E-state index contributed by atoms with van der Waals surface area (Å²) >= 11 is 1.44. The van der Waals surface area contributed by atoms with Crippen LogP contribution in [0.2, 0.25) is 0 Å². The molecule has 0 aliphatic heterocycles. The molecule has 0 saturated heterocycles. The van der Waals surface area contributed by atoms with E-state index in [4.69, 9.17) is 4.74 Å². The Morgan fingerprint density at radius 3 is 2.61 bits per heavy atom. The first-order chi connectivity index (χ1) is 11.1. The molecule has 0 radical (unpaired) electrons. The van der Waals surface area contributed by atoms with Gasteiger partial charge < -0.3 is 4.74 Å². The maximum atomic E-state index is 12.5. The Labute approximate surface area is 138 Å². The molecule has 6 heteroatoms. The van der Waals surface area contributed by atoms with E-state index >= 15 is 0 Å². The molecule has 2 heterocycles. The summed E-state index contributed by atoms with van der Waals surface area (Å²) < 4.78 is 5.71. The first-order valence-electron chi connectivity index (χ1n) is 7.07. The van der Waals surface area contributed by atoms with Gasteiger partial charge in [0, 0.05) is 11.1 Å². The molecule has 0 aliphatic rings. The normalized spacial score (nSPS) is 10.3. The van der Waals surface area contributed by atoms with E-state index in [1.807, 2.05) is 44.2 Å². The molecule has 1 aromatic carbocycles. The zero-order valence-electron chi connectivity index (χ0n) is 12.7. The monoisotopic (exact) mass is 325 g/mol. The van der Waals surface area contributed by atoms with Crippen LogP contribution in [-0.4, -0.2) is 15.9 Å². The summed E-state index contributed by atoms with van der Waals surface area (Å²) in [4.78, 5) is 22.0. The van der Waals surface area contributed by atoms with Crippen LogP contribution < -0.4 is 10.1 Å². The van der Waals surface area contributed by atoms with Crippen LogP contribution in [0.5, 0.6) is 11.6 Å². The van der Waals surface area contributed by atoms with E-state index in [9.17, 15) is 4.79 Å². The number of benzene rings is 1. The highest BCUT2D eigenvalue weighted by Gasteiger charge is 2.16. The molecule has 3 aromatic rings. The van der Waals surface area contributed by atoms with E-state index in [2.05, 4.69) is 15.3 Å². The zero-order valence-corrected chi connectivity index (χ0v) is 13.6. The van der Waals surface area contributed by atoms with Crippen molar-refractivity contribution in [2.75, 3.05) is 5.32 Å². The van der Waals surface area contributed by atoms with Crippen molar-refractivity contribution in [3.8, 4) is 11.6 Å². The quantitative estimate of drug-likeness (QED) is 0.781. The molecule has 0 aliphatic carbocycles. The third-order valence-corrected chi connectivity index (χ3v) is 4.21. The first-order valence-corrected chi connectivity index (χ1v) is 7.88. The number of aryl methyl sites for hydroxylation is 2. The fraction of sp³-hybridized carbons (Fsp3) is 0.118. The molecule has 0 saturated carbocycles. The summed E-state index contributed by atoms with van der Waals surface area (Å²) in [6.07, 6.45) is 1.59. The molecule has 2 aromatic heterocycles. The van der Waals surface area contributed by atoms with Crippen molar-refractivity contribution >= 4 is 22.4 Å². The number of carbonyl (C=O) groups is 1. The van der Waals surface area contributed by atoms with Crippen LogP contribution in [0.15, 0.2) is 48.7 Å². The molecule has 0 fully saturated rings. The highest BCUT2D eigenvalue weighted by molar-refractivity contribution is 7.15. The number of nitrogens with zero attached hydrogens (tertiary/aromatic N) is 2. The molecular formula is C17H15N3O2S. The smallest absolute Gasteiger partial charge is 0.262 e. The predicted molar refractivity (Wildman–Crippen MR) is 90.3 cm³/mol. The summed E-state index contributed by atoms with van der Waals surface area (Å²) in [6.45, 7) is 3.88. The van der Waals surface area contributed by atoms with Crippen LogP contribution in [-0.2, 0) is 0 Å². The number of para-hydroxylation sites is 1. The lowest BCUT2D eigenvalue weighted by atomic mass is 10.2. The van der Waals surface area contributed by atoms with Crippen molar-refractivity contribution in [2.24, 2.45) is 0 Å². The third-order valence-electron chi connectivity index (χ3n) is 3.22. The number of ether oxygens (including phenoxy) is 1. The van der Waals surface area contributed by atoms with Crippen molar-refractivity contribution in [1.29, 1.82) is 0 Å². The Hall–Kier alpha value is -2.73. The second kappa shape index (κ2) is 6.58. The fourth-order valence-electron chi connectivity index (χ4n) is 1.94. The summed E-state index contributed by atoms with van der Waals surface area (Å²) in [6, 6.07) is 12.6. The lowest BCUT2D eigenvalue weighted by Crippen LogP contribution is -2.13. The van der Waals surface area contributed by atoms with E-state index in [0.29, 0.717) is 16.4 Å². The second-order valence-corrected chi connectivity index (χ2v) is 6.09. The summed E-state index contributed by atoms with van der Waals surface area (Å²) in [7, 11) is 0. The van der Waals surface area contributed by atoms with Gasteiger partial charge >= 0.3 is 0 Å². The molecular weight excluding hydrogens is 310 g/mol. The summed E-state index contributed by atoms with van der Waals surface area (Å²) in [5, 5.41) is 3.36. The number of anilines is 1. The van der Waals surface area contributed by atoms with Gasteiger partial charge in [0.05, 0.1) is 5.69 Å². The zero-order chi connectivity index (χ0) is 16.2. The second-order valence-electron chi connectivity index (χ2n) is 4.89. The molecule has 1 N–H and O–H groups in total. The number of nitrogens with one attached hydrogen (secondary N) is 1. The molecule has 116 valence electrons.